The summed E-state index contributed by atoms with van der Waals surface area (Å²) in [4.78, 5) is 3.35. The van der Waals surface area contributed by atoms with Crippen molar-refractivity contribution in [1.29, 1.82) is 0 Å². The Balaban J connectivity index is 2.04. The fourth-order valence-corrected chi connectivity index (χ4v) is 3.56. The highest BCUT2D eigenvalue weighted by Gasteiger charge is 2.28. The van der Waals surface area contributed by atoms with Crippen molar-refractivity contribution in [1.82, 2.24) is 15.0 Å². The molecule has 0 radical (unpaired) electrons. The lowest BCUT2D eigenvalue weighted by atomic mass is 9.98. The second-order valence-corrected chi connectivity index (χ2v) is 7.57. The van der Waals surface area contributed by atoms with E-state index in [1.165, 1.54) is 12.8 Å². The standard InChI is InChI=1S/C14H25N3O2S/c1-4-14(3,5-2)17-20(18,19)13-8-12(16-10-13)9-15-11-6-7-11/h8,10-11,15-17H,4-7,9H2,1-3H3. The zero-order valence-electron chi connectivity index (χ0n) is 12.5. The summed E-state index contributed by atoms with van der Waals surface area (Å²) in [5, 5.41) is 3.36. The normalized spacial score (nSPS) is 16.6. The van der Waals surface area contributed by atoms with Crippen LogP contribution in [0.2, 0.25) is 0 Å². The molecule has 114 valence electrons. The number of nitrogens with one attached hydrogen (secondary N) is 3. The molecule has 2 rings (SSSR count). The molecular weight excluding hydrogens is 274 g/mol. The molecule has 0 saturated heterocycles. The Bertz CT molecular complexity index is 543. The van der Waals surface area contributed by atoms with Gasteiger partial charge in [0.2, 0.25) is 10.0 Å². The molecule has 0 spiro atoms. The lowest BCUT2D eigenvalue weighted by Crippen LogP contribution is -2.44. The summed E-state index contributed by atoms with van der Waals surface area (Å²) in [6, 6.07) is 2.32. The molecule has 1 heterocycles. The van der Waals surface area contributed by atoms with E-state index in [1.54, 1.807) is 12.3 Å². The number of rotatable bonds is 8. The lowest BCUT2D eigenvalue weighted by Gasteiger charge is -2.27. The molecule has 20 heavy (non-hydrogen) atoms. The van der Waals surface area contributed by atoms with Crippen LogP contribution in [-0.4, -0.2) is 25.0 Å². The molecule has 0 amide bonds. The average molecular weight is 299 g/mol. The van der Waals surface area contributed by atoms with E-state index < -0.39 is 10.0 Å². The predicted molar refractivity (Wildman–Crippen MR) is 80.0 cm³/mol. The van der Waals surface area contributed by atoms with Gasteiger partial charge in [0.05, 0.1) is 4.90 Å². The van der Waals surface area contributed by atoms with Crippen molar-refractivity contribution in [3.63, 3.8) is 0 Å². The molecule has 1 aliphatic carbocycles. The van der Waals surface area contributed by atoms with Crippen LogP contribution in [0, 0.1) is 0 Å². The first kappa shape index (κ1) is 15.5. The van der Waals surface area contributed by atoms with Gasteiger partial charge in [0.25, 0.3) is 0 Å². The fourth-order valence-electron chi connectivity index (χ4n) is 2.00. The first-order chi connectivity index (χ1) is 9.38. The van der Waals surface area contributed by atoms with Crippen LogP contribution in [0.1, 0.15) is 52.1 Å². The van der Waals surface area contributed by atoms with E-state index >= 15 is 0 Å². The second-order valence-electron chi connectivity index (χ2n) is 5.89. The Morgan fingerprint density at radius 3 is 2.55 bits per heavy atom. The summed E-state index contributed by atoms with van der Waals surface area (Å²) in [6.07, 6.45) is 5.54. The van der Waals surface area contributed by atoms with Gasteiger partial charge in [-0.05, 0) is 38.7 Å². The fraction of sp³-hybridized carbons (Fsp3) is 0.714. The van der Waals surface area contributed by atoms with E-state index in [-0.39, 0.29) is 5.54 Å². The first-order valence-corrected chi connectivity index (χ1v) is 8.81. The summed E-state index contributed by atoms with van der Waals surface area (Å²) in [6.45, 7) is 6.62. The third-order valence-corrected chi connectivity index (χ3v) is 5.74. The maximum absolute atomic E-state index is 12.4. The molecule has 0 bridgehead atoms. The van der Waals surface area contributed by atoms with Crippen LogP contribution in [-0.2, 0) is 16.6 Å². The summed E-state index contributed by atoms with van der Waals surface area (Å²) >= 11 is 0. The third-order valence-electron chi connectivity index (χ3n) is 4.13. The average Bonchev–Trinajstić information content (AvgIpc) is 3.11. The number of hydrogen-bond acceptors (Lipinski definition) is 3. The summed E-state index contributed by atoms with van der Waals surface area (Å²) in [7, 11) is -3.45. The molecule has 3 N–H and O–H groups in total. The van der Waals surface area contributed by atoms with Crippen LogP contribution in [0.25, 0.3) is 0 Å². The second kappa shape index (κ2) is 5.87. The Morgan fingerprint density at radius 2 is 2.00 bits per heavy atom. The zero-order valence-corrected chi connectivity index (χ0v) is 13.3. The molecule has 6 heteroatoms. The van der Waals surface area contributed by atoms with E-state index in [9.17, 15) is 8.42 Å². The molecule has 5 nitrogen and oxygen atoms in total. The van der Waals surface area contributed by atoms with Crippen molar-refractivity contribution in [2.45, 2.75) is 69.5 Å². The predicted octanol–water partition coefficient (Wildman–Crippen LogP) is 2.12. The molecule has 1 aromatic heterocycles. The summed E-state index contributed by atoms with van der Waals surface area (Å²) < 4.78 is 27.6. The highest BCUT2D eigenvalue weighted by molar-refractivity contribution is 7.89. The molecule has 1 fully saturated rings. The van der Waals surface area contributed by atoms with Crippen LogP contribution in [0.5, 0.6) is 0 Å². The molecule has 0 atom stereocenters. The van der Waals surface area contributed by atoms with E-state index in [0.29, 0.717) is 17.5 Å². The van der Waals surface area contributed by atoms with Crippen molar-refractivity contribution in [3.8, 4) is 0 Å². The van der Waals surface area contributed by atoms with Crippen molar-refractivity contribution in [2.75, 3.05) is 0 Å². The van der Waals surface area contributed by atoms with Crippen LogP contribution >= 0.6 is 0 Å². The monoisotopic (exact) mass is 299 g/mol. The van der Waals surface area contributed by atoms with Crippen LogP contribution < -0.4 is 10.0 Å². The zero-order chi connectivity index (χ0) is 14.8. The highest BCUT2D eigenvalue weighted by Crippen LogP contribution is 2.21. The first-order valence-electron chi connectivity index (χ1n) is 7.33. The van der Waals surface area contributed by atoms with Gasteiger partial charge in [0, 0.05) is 30.0 Å². The highest BCUT2D eigenvalue weighted by atomic mass is 32.2. The maximum Gasteiger partial charge on any atom is 0.242 e. The SMILES string of the molecule is CCC(C)(CC)NS(=O)(=O)c1c[nH]c(CNC2CC2)c1. The van der Waals surface area contributed by atoms with Gasteiger partial charge in [0.1, 0.15) is 0 Å². The number of H-pyrrole nitrogens is 1. The molecule has 0 aliphatic heterocycles. The van der Waals surface area contributed by atoms with Crippen molar-refractivity contribution >= 4 is 10.0 Å². The Kier molecular flexibility index (Phi) is 4.56. The molecule has 1 aromatic rings. The van der Waals surface area contributed by atoms with Gasteiger partial charge in [-0.3, -0.25) is 0 Å². The molecular formula is C14H25N3O2S. The number of hydrogen-bond donors (Lipinski definition) is 3. The molecule has 1 saturated carbocycles. The van der Waals surface area contributed by atoms with E-state index in [0.717, 1.165) is 18.5 Å². The molecule has 0 aromatic carbocycles. The smallest absolute Gasteiger partial charge is 0.242 e. The lowest BCUT2D eigenvalue weighted by molar-refractivity contribution is 0.389. The minimum atomic E-state index is -3.45. The van der Waals surface area contributed by atoms with Gasteiger partial charge in [-0.1, -0.05) is 13.8 Å². The van der Waals surface area contributed by atoms with Crippen LogP contribution in [0.15, 0.2) is 17.2 Å². The third kappa shape index (κ3) is 3.84. The Labute approximate surface area is 121 Å². The molecule has 0 unspecified atom stereocenters. The van der Waals surface area contributed by atoms with Crippen LogP contribution in [0.3, 0.4) is 0 Å². The van der Waals surface area contributed by atoms with Gasteiger partial charge < -0.3 is 10.3 Å². The van der Waals surface area contributed by atoms with Gasteiger partial charge in [-0.15, -0.1) is 0 Å². The quantitative estimate of drug-likeness (QED) is 0.688. The van der Waals surface area contributed by atoms with Crippen molar-refractivity contribution < 1.29 is 8.42 Å². The number of aromatic nitrogens is 1. The number of aromatic amines is 1. The van der Waals surface area contributed by atoms with Gasteiger partial charge in [-0.2, -0.15) is 0 Å². The summed E-state index contributed by atoms with van der Waals surface area (Å²) in [5.74, 6) is 0. The van der Waals surface area contributed by atoms with Gasteiger partial charge in [-0.25, -0.2) is 13.1 Å². The minimum Gasteiger partial charge on any atom is -0.363 e. The van der Waals surface area contributed by atoms with E-state index in [4.69, 9.17) is 0 Å². The Hall–Kier alpha value is -0.850. The largest absolute Gasteiger partial charge is 0.363 e. The van der Waals surface area contributed by atoms with Gasteiger partial charge in [0.15, 0.2) is 0 Å². The Morgan fingerprint density at radius 1 is 1.35 bits per heavy atom. The van der Waals surface area contributed by atoms with E-state index in [1.807, 2.05) is 20.8 Å². The topological polar surface area (TPSA) is 74.0 Å². The minimum absolute atomic E-state index is 0.318. The molecule has 1 aliphatic rings. The maximum atomic E-state index is 12.4. The van der Waals surface area contributed by atoms with Crippen molar-refractivity contribution in [2.24, 2.45) is 0 Å². The number of sulfonamides is 1. The van der Waals surface area contributed by atoms with Gasteiger partial charge >= 0.3 is 0 Å². The summed E-state index contributed by atoms with van der Waals surface area (Å²) in [5.41, 5.74) is 0.523. The van der Waals surface area contributed by atoms with Crippen LogP contribution in [0.4, 0.5) is 0 Å². The van der Waals surface area contributed by atoms with E-state index in [2.05, 4.69) is 15.0 Å². The van der Waals surface area contributed by atoms with Crippen molar-refractivity contribution in [3.05, 3.63) is 18.0 Å².